The van der Waals surface area contributed by atoms with Gasteiger partial charge < -0.3 is 9.84 Å². The molecule has 1 saturated carbocycles. The summed E-state index contributed by atoms with van der Waals surface area (Å²) in [6, 6.07) is 5.99. The van der Waals surface area contributed by atoms with Crippen molar-refractivity contribution in [3.05, 3.63) is 59.3 Å². The van der Waals surface area contributed by atoms with Crippen molar-refractivity contribution in [1.82, 2.24) is 25.2 Å². The van der Waals surface area contributed by atoms with Crippen molar-refractivity contribution in [1.29, 1.82) is 0 Å². The molecule has 1 N–H and O–H groups in total. The van der Waals surface area contributed by atoms with Crippen molar-refractivity contribution in [3.8, 4) is 5.69 Å². The Morgan fingerprint density at radius 3 is 2.54 bits per heavy atom. The van der Waals surface area contributed by atoms with Crippen molar-refractivity contribution in [2.45, 2.75) is 51.5 Å². The standard InChI is InChI=1S/C20H22FN5O2/c1-13-17(12-22-26(13)16-8-6-15(21)7-9-16)18(27)24-20(10-4-3-5-11-20)19-23-14(2)28-25-19/h6-9,12H,3-5,10-11H2,1-2H3,(H,24,27). The van der Waals surface area contributed by atoms with Gasteiger partial charge in [0.2, 0.25) is 5.89 Å². The first-order valence-electron chi connectivity index (χ1n) is 9.42. The van der Waals surface area contributed by atoms with E-state index in [2.05, 4.69) is 20.6 Å². The molecule has 28 heavy (non-hydrogen) atoms. The maximum Gasteiger partial charge on any atom is 0.255 e. The van der Waals surface area contributed by atoms with Gasteiger partial charge in [-0.2, -0.15) is 10.1 Å². The van der Waals surface area contributed by atoms with Crippen LogP contribution in [0.2, 0.25) is 0 Å². The average molecular weight is 383 g/mol. The Morgan fingerprint density at radius 2 is 1.89 bits per heavy atom. The molecule has 1 aromatic carbocycles. The molecule has 1 aliphatic carbocycles. The average Bonchev–Trinajstić information content (AvgIpc) is 3.29. The molecule has 0 unspecified atom stereocenters. The summed E-state index contributed by atoms with van der Waals surface area (Å²) in [6.07, 6.45) is 6.16. The third-order valence-electron chi connectivity index (χ3n) is 5.34. The zero-order valence-electron chi connectivity index (χ0n) is 15.9. The van der Waals surface area contributed by atoms with Gasteiger partial charge in [-0.15, -0.1) is 0 Å². The van der Waals surface area contributed by atoms with Crippen LogP contribution in [0.4, 0.5) is 4.39 Å². The summed E-state index contributed by atoms with van der Waals surface area (Å²) in [4.78, 5) is 17.5. The van der Waals surface area contributed by atoms with Crippen LogP contribution in [0, 0.1) is 19.7 Å². The Morgan fingerprint density at radius 1 is 1.18 bits per heavy atom. The quantitative estimate of drug-likeness (QED) is 0.744. The van der Waals surface area contributed by atoms with Crippen LogP contribution in [0.5, 0.6) is 0 Å². The van der Waals surface area contributed by atoms with Crippen LogP contribution in [0.1, 0.15) is 59.9 Å². The van der Waals surface area contributed by atoms with Gasteiger partial charge in [0.25, 0.3) is 5.91 Å². The molecule has 1 aliphatic rings. The second-order valence-electron chi connectivity index (χ2n) is 7.27. The van der Waals surface area contributed by atoms with Crippen molar-refractivity contribution >= 4 is 5.91 Å². The molecule has 0 aliphatic heterocycles. The fourth-order valence-electron chi connectivity index (χ4n) is 3.81. The van der Waals surface area contributed by atoms with Crippen molar-refractivity contribution in [2.75, 3.05) is 0 Å². The van der Waals surface area contributed by atoms with Crippen LogP contribution in [-0.2, 0) is 5.54 Å². The number of aromatic nitrogens is 4. The molecule has 0 atom stereocenters. The number of carbonyl (C=O) groups is 1. The number of aryl methyl sites for hydroxylation is 1. The van der Waals surface area contributed by atoms with E-state index in [-0.39, 0.29) is 11.7 Å². The van der Waals surface area contributed by atoms with Crippen molar-refractivity contribution < 1.29 is 13.7 Å². The minimum atomic E-state index is -0.627. The lowest BCUT2D eigenvalue weighted by Crippen LogP contribution is -2.48. The van der Waals surface area contributed by atoms with Crippen LogP contribution in [-0.4, -0.2) is 25.8 Å². The highest BCUT2D eigenvalue weighted by molar-refractivity contribution is 5.95. The highest BCUT2D eigenvalue weighted by Crippen LogP contribution is 2.36. The van der Waals surface area contributed by atoms with Crippen LogP contribution in [0.25, 0.3) is 5.69 Å². The van der Waals surface area contributed by atoms with Crippen LogP contribution >= 0.6 is 0 Å². The predicted octanol–water partition coefficient (Wildman–Crippen LogP) is 3.60. The van der Waals surface area contributed by atoms with Gasteiger partial charge in [-0.05, 0) is 44.0 Å². The first kappa shape index (κ1) is 18.3. The van der Waals surface area contributed by atoms with E-state index in [1.165, 1.54) is 18.3 Å². The Labute approximate surface area is 161 Å². The van der Waals surface area contributed by atoms with Gasteiger partial charge in [0, 0.05) is 6.92 Å². The summed E-state index contributed by atoms with van der Waals surface area (Å²) in [5.74, 6) is 0.465. The summed E-state index contributed by atoms with van der Waals surface area (Å²) in [6.45, 7) is 3.56. The minimum Gasteiger partial charge on any atom is -0.340 e. The van der Waals surface area contributed by atoms with E-state index in [1.807, 2.05) is 6.92 Å². The predicted molar refractivity (Wildman–Crippen MR) is 99.5 cm³/mol. The number of hydrogen-bond donors (Lipinski definition) is 1. The SMILES string of the molecule is Cc1nc(C2(NC(=O)c3cnn(-c4ccc(F)cc4)c3C)CCCCC2)no1. The molecule has 1 amide bonds. The molecule has 2 aromatic heterocycles. The third-order valence-corrected chi connectivity index (χ3v) is 5.34. The van der Waals surface area contributed by atoms with Gasteiger partial charge in [0.05, 0.1) is 23.1 Å². The number of rotatable bonds is 4. The van der Waals surface area contributed by atoms with Crippen molar-refractivity contribution in [3.63, 3.8) is 0 Å². The topological polar surface area (TPSA) is 85.8 Å². The molecule has 0 saturated heterocycles. The van der Waals surface area contributed by atoms with E-state index >= 15 is 0 Å². The molecule has 2 heterocycles. The smallest absolute Gasteiger partial charge is 0.255 e. The summed E-state index contributed by atoms with van der Waals surface area (Å²) in [7, 11) is 0. The lowest BCUT2D eigenvalue weighted by molar-refractivity contribution is 0.0854. The third kappa shape index (κ3) is 3.30. The Balaban J connectivity index is 1.63. The fourth-order valence-corrected chi connectivity index (χ4v) is 3.81. The Hall–Kier alpha value is -3.03. The summed E-state index contributed by atoms with van der Waals surface area (Å²) in [5, 5.41) is 11.6. The maximum absolute atomic E-state index is 13.2. The number of amides is 1. The van der Waals surface area contributed by atoms with E-state index < -0.39 is 5.54 Å². The molecular formula is C20H22FN5O2. The van der Waals surface area contributed by atoms with E-state index in [1.54, 1.807) is 23.7 Å². The molecule has 0 bridgehead atoms. The number of hydrogen-bond acceptors (Lipinski definition) is 5. The van der Waals surface area contributed by atoms with Gasteiger partial charge in [-0.25, -0.2) is 9.07 Å². The lowest BCUT2D eigenvalue weighted by atomic mass is 9.80. The minimum absolute atomic E-state index is 0.227. The molecule has 7 nitrogen and oxygen atoms in total. The first-order valence-corrected chi connectivity index (χ1v) is 9.42. The number of carbonyl (C=O) groups excluding carboxylic acids is 1. The Kier molecular flexibility index (Phi) is 4.70. The van der Waals surface area contributed by atoms with Crippen LogP contribution in [0.15, 0.2) is 35.0 Å². The molecule has 4 rings (SSSR count). The lowest BCUT2D eigenvalue weighted by Gasteiger charge is -2.35. The number of nitrogens with zero attached hydrogens (tertiary/aromatic N) is 4. The summed E-state index contributed by atoms with van der Waals surface area (Å²) >= 11 is 0. The van der Waals surface area contributed by atoms with E-state index in [4.69, 9.17) is 4.52 Å². The second kappa shape index (κ2) is 7.18. The zero-order chi connectivity index (χ0) is 19.7. The number of benzene rings is 1. The van der Waals surface area contributed by atoms with Crippen molar-refractivity contribution in [2.24, 2.45) is 0 Å². The zero-order valence-corrected chi connectivity index (χ0v) is 15.9. The summed E-state index contributed by atoms with van der Waals surface area (Å²) in [5.41, 5.74) is 1.21. The van der Waals surface area contributed by atoms with Gasteiger partial charge >= 0.3 is 0 Å². The van der Waals surface area contributed by atoms with Gasteiger partial charge in [-0.3, -0.25) is 4.79 Å². The normalized spacial score (nSPS) is 16.1. The van der Waals surface area contributed by atoms with E-state index in [0.29, 0.717) is 28.7 Å². The largest absolute Gasteiger partial charge is 0.340 e. The highest BCUT2D eigenvalue weighted by Gasteiger charge is 2.40. The van der Waals surface area contributed by atoms with Gasteiger partial charge in [0.15, 0.2) is 5.82 Å². The summed E-state index contributed by atoms with van der Waals surface area (Å²) < 4.78 is 20.0. The first-order chi connectivity index (χ1) is 13.5. The van der Waals surface area contributed by atoms with Gasteiger partial charge in [0.1, 0.15) is 11.4 Å². The maximum atomic E-state index is 13.2. The highest BCUT2D eigenvalue weighted by atomic mass is 19.1. The molecule has 8 heteroatoms. The molecule has 3 aromatic rings. The van der Waals surface area contributed by atoms with E-state index in [0.717, 1.165) is 32.1 Å². The fraction of sp³-hybridized carbons (Fsp3) is 0.400. The number of nitrogens with one attached hydrogen (secondary N) is 1. The molecule has 1 fully saturated rings. The number of halogens is 1. The molecule has 146 valence electrons. The molecule has 0 radical (unpaired) electrons. The molecular weight excluding hydrogens is 361 g/mol. The van der Waals surface area contributed by atoms with Crippen LogP contribution in [0.3, 0.4) is 0 Å². The second-order valence-corrected chi connectivity index (χ2v) is 7.27. The van der Waals surface area contributed by atoms with Crippen LogP contribution < -0.4 is 5.32 Å². The van der Waals surface area contributed by atoms with E-state index in [9.17, 15) is 9.18 Å². The van der Waals surface area contributed by atoms with Gasteiger partial charge in [-0.1, -0.05) is 24.4 Å². The monoisotopic (exact) mass is 383 g/mol. The Bertz CT molecular complexity index is 986. The molecule has 0 spiro atoms.